The van der Waals surface area contributed by atoms with Gasteiger partial charge < -0.3 is 5.32 Å². The lowest BCUT2D eigenvalue weighted by Crippen LogP contribution is -2.40. The molecule has 1 aliphatic rings. The number of nitro benzene ring substituents is 1. The van der Waals surface area contributed by atoms with Crippen LogP contribution >= 0.6 is 28.3 Å². The molecule has 0 bridgehead atoms. The van der Waals surface area contributed by atoms with Crippen molar-refractivity contribution in [3.63, 3.8) is 0 Å². The van der Waals surface area contributed by atoms with E-state index in [1.807, 2.05) is 13.1 Å². The molecule has 0 amide bonds. The molecule has 7 heteroatoms. The second-order valence-corrected chi connectivity index (χ2v) is 5.74. The maximum Gasteiger partial charge on any atom is 0.283 e. The van der Waals surface area contributed by atoms with Gasteiger partial charge in [-0.15, -0.1) is 12.4 Å². The van der Waals surface area contributed by atoms with E-state index in [1.165, 1.54) is 0 Å². The molecule has 0 saturated carbocycles. The fourth-order valence-corrected chi connectivity index (χ4v) is 2.83. The van der Waals surface area contributed by atoms with Gasteiger partial charge in [0.2, 0.25) is 0 Å². The lowest BCUT2D eigenvalue weighted by atomic mass is 10.0. The quantitative estimate of drug-likeness (QED) is 0.659. The van der Waals surface area contributed by atoms with E-state index in [0.717, 1.165) is 38.0 Å². The number of likely N-dealkylation sites (tertiary alicyclic amines) is 1. The highest BCUT2D eigenvalue weighted by molar-refractivity contribution is 9.10. The lowest BCUT2D eigenvalue weighted by Gasteiger charge is -2.31. The van der Waals surface area contributed by atoms with Gasteiger partial charge in [0, 0.05) is 18.7 Å². The molecule has 2 rings (SSSR count). The Hall–Kier alpha value is -0.690. The highest BCUT2D eigenvalue weighted by Gasteiger charge is 2.19. The number of piperidine rings is 1. The van der Waals surface area contributed by atoms with Crippen molar-refractivity contribution in [2.45, 2.75) is 25.4 Å². The Morgan fingerprint density at radius 2 is 2.10 bits per heavy atom. The van der Waals surface area contributed by atoms with Crippen LogP contribution in [-0.2, 0) is 6.54 Å². The van der Waals surface area contributed by atoms with Crippen molar-refractivity contribution in [1.82, 2.24) is 10.2 Å². The molecule has 0 spiro atoms. The predicted octanol–water partition coefficient (Wildman–Crippen LogP) is 2.96. The van der Waals surface area contributed by atoms with Crippen LogP contribution in [-0.4, -0.2) is 36.0 Å². The van der Waals surface area contributed by atoms with Gasteiger partial charge in [-0.2, -0.15) is 0 Å². The molecular formula is C13H19BrClN3O2. The van der Waals surface area contributed by atoms with Crippen LogP contribution in [0.2, 0.25) is 0 Å². The smallest absolute Gasteiger partial charge is 0.283 e. The van der Waals surface area contributed by atoms with E-state index in [4.69, 9.17) is 0 Å². The van der Waals surface area contributed by atoms with Crippen LogP contribution in [0.3, 0.4) is 0 Å². The summed E-state index contributed by atoms with van der Waals surface area (Å²) in [5.41, 5.74) is 1.14. The molecule has 1 heterocycles. The Bertz CT molecular complexity index is 465. The third-order valence-electron chi connectivity index (χ3n) is 3.61. The van der Waals surface area contributed by atoms with Crippen molar-refractivity contribution >= 4 is 34.0 Å². The third kappa shape index (κ3) is 4.41. The number of nitrogens with zero attached hydrogens (tertiary/aromatic N) is 2. The molecular weight excluding hydrogens is 346 g/mol. The van der Waals surface area contributed by atoms with Gasteiger partial charge >= 0.3 is 0 Å². The lowest BCUT2D eigenvalue weighted by molar-refractivity contribution is -0.385. The first-order chi connectivity index (χ1) is 9.10. The van der Waals surface area contributed by atoms with E-state index >= 15 is 0 Å². The fourth-order valence-electron chi connectivity index (χ4n) is 2.43. The van der Waals surface area contributed by atoms with E-state index in [2.05, 4.69) is 26.1 Å². The Morgan fingerprint density at radius 3 is 2.65 bits per heavy atom. The fraction of sp³-hybridized carbons (Fsp3) is 0.538. The minimum atomic E-state index is -0.346. The molecule has 0 aromatic heterocycles. The zero-order valence-electron chi connectivity index (χ0n) is 11.3. The monoisotopic (exact) mass is 363 g/mol. The minimum Gasteiger partial charge on any atom is -0.317 e. The Kier molecular flexibility index (Phi) is 6.88. The Morgan fingerprint density at radius 1 is 1.45 bits per heavy atom. The first-order valence-corrected chi connectivity index (χ1v) is 7.22. The van der Waals surface area contributed by atoms with Gasteiger partial charge in [0.1, 0.15) is 0 Å². The summed E-state index contributed by atoms with van der Waals surface area (Å²) in [6, 6.07) is 5.97. The molecule has 5 nitrogen and oxygen atoms in total. The molecule has 1 N–H and O–H groups in total. The summed E-state index contributed by atoms with van der Waals surface area (Å²) in [5, 5.41) is 14.2. The normalized spacial score (nSPS) is 16.7. The predicted molar refractivity (Wildman–Crippen MR) is 85.4 cm³/mol. The van der Waals surface area contributed by atoms with Crippen LogP contribution in [0.1, 0.15) is 18.4 Å². The molecule has 112 valence electrons. The van der Waals surface area contributed by atoms with E-state index in [-0.39, 0.29) is 23.0 Å². The molecule has 0 atom stereocenters. The number of hydrogen-bond donors (Lipinski definition) is 1. The second kappa shape index (κ2) is 7.93. The van der Waals surface area contributed by atoms with E-state index < -0.39 is 0 Å². The van der Waals surface area contributed by atoms with Gasteiger partial charge in [0.15, 0.2) is 0 Å². The summed E-state index contributed by atoms with van der Waals surface area (Å²) in [7, 11) is 2.00. The van der Waals surface area contributed by atoms with Crippen molar-refractivity contribution < 1.29 is 4.92 Å². The number of rotatable bonds is 4. The number of halogens is 2. The first kappa shape index (κ1) is 17.4. The van der Waals surface area contributed by atoms with Crippen LogP contribution in [0.25, 0.3) is 0 Å². The molecule has 0 aliphatic carbocycles. The van der Waals surface area contributed by atoms with Crippen molar-refractivity contribution in [1.29, 1.82) is 0 Å². The van der Waals surface area contributed by atoms with Gasteiger partial charge in [0.25, 0.3) is 5.69 Å². The molecule has 1 aliphatic heterocycles. The van der Waals surface area contributed by atoms with E-state index in [1.54, 1.807) is 12.1 Å². The summed E-state index contributed by atoms with van der Waals surface area (Å²) in [4.78, 5) is 12.9. The van der Waals surface area contributed by atoms with Crippen molar-refractivity contribution in [2.75, 3.05) is 20.1 Å². The summed E-state index contributed by atoms with van der Waals surface area (Å²) in [6.07, 6.45) is 2.27. The summed E-state index contributed by atoms with van der Waals surface area (Å²) < 4.78 is 0.537. The maximum atomic E-state index is 10.9. The van der Waals surface area contributed by atoms with Crippen LogP contribution in [0.15, 0.2) is 22.7 Å². The number of nitro groups is 1. The molecule has 0 unspecified atom stereocenters. The van der Waals surface area contributed by atoms with Gasteiger partial charge in [-0.3, -0.25) is 15.0 Å². The first-order valence-electron chi connectivity index (χ1n) is 6.42. The maximum absolute atomic E-state index is 10.9. The SMILES string of the molecule is CNC1CCN(Cc2ccc(Br)c([N+](=O)[O-])c2)CC1.Cl. The van der Waals surface area contributed by atoms with Crippen LogP contribution < -0.4 is 5.32 Å². The summed E-state index contributed by atoms with van der Waals surface area (Å²) in [6.45, 7) is 2.86. The molecule has 0 radical (unpaired) electrons. The standard InChI is InChI=1S/C13H18BrN3O2.ClH/c1-15-11-4-6-16(7-5-11)9-10-2-3-12(14)13(8-10)17(18)19;/h2-3,8,11,15H,4-7,9H2,1H3;1H. The number of hydrogen-bond acceptors (Lipinski definition) is 4. The third-order valence-corrected chi connectivity index (χ3v) is 4.28. The Labute approximate surface area is 133 Å². The number of benzene rings is 1. The molecule has 1 aromatic rings. The van der Waals surface area contributed by atoms with Gasteiger partial charge in [0.05, 0.1) is 9.40 Å². The zero-order chi connectivity index (χ0) is 13.8. The average molecular weight is 365 g/mol. The largest absolute Gasteiger partial charge is 0.317 e. The van der Waals surface area contributed by atoms with Gasteiger partial charge in [-0.1, -0.05) is 6.07 Å². The van der Waals surface area contributed by atoms with Crippen LogP contribution in [0.5, 0.6) is 0 Å². The highest BCUT2D eigenvalue weighted by Crippen LogP contribution is 2.26. The molecule has 1 saturated heterocycles. The zero-order valence-corrected chi connectivity index (χ0v) is 13.7. The summed E-state index contributed by atoms with van der Waals surface area (Å²) >= 11 is 3.21. The summed E-state index contributed by atoms with van der Waals surface area (Å²) in [5.74, 6) is 0. The van der Waals surface area contributed by atoms with Crippen molar-refractivity contribution in [3.05, 3.63) is 38.3 Å². The van der Waals surface area contributed by atoms with Crippen molar-refractivity contribution in [3.8, 4) is 0 Å². The van der Waals surface area contributed by atoms with Crippen LogP contribution in [0.4, 0.5) is 5.69 Å². The number of nitrogens with one attached hydrogen (secondary N) is 1. The average Bonchev–Trinajstić information content (AvgIpc) is 2.41. The Balaban J connectivity index is 0.00000200. The highest BCUT2D eigenvalue weighted by atomic mass is 79.9. The van der Waals surface area contributed by atoms with Gasteiger partial charge in [-0.05, 0) is 60.5 Å². The molecule has 1 aromatic carbocycles. The minimum absolute atomic E-state index is 0. The van der Waals surface area contributed by atoms with Crippen molar-refractivity contribution in [2.24, 2.45) is 0 Å². The van der Waals surface area contributed by atoms with Crippen LogP contribution in [0, 0.1) is 10.1 Å². The second-order valence-electron chi connectivity index (χ2n) is 4.88. The topological polar surface area (TPSA) is 58.4 Å². The van der Waals surface area contributed by atoms with E-state index in [0.29, 0.717) is 10.5 Å². The van der Waals surface area contributed by atoms with Gasteiger partial charge in [-0.25, -0.2) is 0 Å². The molecule has 20 heavy (non-hydrogen) atoms. The molecule has 1 fully saturated rings. The van der Waals surface area contributed by atoms with E-state index in [9.17, 15) is 10.1 Å².